The van der Waals surface area contributed by atoms with Crippen LogP contribution in [0.4, 0.5) is 5.69 Å². The van der Waals surface area contributed by atoms with E-state index < -0.39 is 0 Å². The molecule has 0 atom stereocenters. The van der Waals surface area contributed by atoms with E-state index in [-0.39, 0.29) is 35.0 Å². The maximum absolute atomic E-state index is 13.1. The summed E-state index contributed by atoms with van der Waals surface area (Å²) in [5, 5.41) is 14.8. The van der Waals surface area contributed by atoms with Gasteiger partial charge in [-0.05, 0) is 86.2 Å². The van der Waals surface area contributed by atoms with Crippen molar-refractivity contribution in [2.75, 3.05) is 12.4 Å². The van der Waals surface area contributed by atoms with Crippen molar-refractivity contribution in [2.24, 2.45) is 9.98 Å². The van der Waals surface area contributed by atoms with Crippen molar-refractivity contribution in [2.45, 2.75) is 84.5 Å². The summed E-state index contributed by atoms with van der Waals surface area (Å²) in [6.45, 7) is 18.1. The first-order valence-corrected chi connectivity index (χ1v) is 13.1. The summed E-state index contributed by atoms with van der Waals surface area (Å²) in [5.41, 5.74) is 2.24. The van der Waals surface area contributed by atoms with Gasteiger partial charge in [0.25, 0.3) is 5.91 Å². The molecule has 10 heteroatoms. The van der Waals surface area contributed by atoms with Crippen LogP contribution in [0, 0.1) is 0 Å². The van der Waals surface area contributed by atoms with Crippen LogP contribution in [-0.2, 0) is 0 Å². The number of carbonyl (C=O) groups is 1. The van der Waals surface area contributed by atoms with E-state index in [1.165, 1.54) is 0 Å². The zero-order valence-corrected chi connectivity index (χ0v) is 24.4. The Morgan fingerprint density at radius 1 is 1.24 bits per heavy atom. The molecule has 3 rings (SSSR count). The number of methoxy groups -OCH3 is 1. The largest absolute Gasteiger partial charge is 0.495 e. The van der Waals surface area contributed by atoms with Gasteiger partial charge in [0, 0.05) is 45.5 Å². The summed E-state index contributed by atoms with van der Waals surface area (Å²) in [4.78, 5) is 21.8. The lowest BCUT2D eigenvalue weighted by Crippen LogP contribution is -2.62. The summed E-state index contributed by atoms with van der Waals surface area (Å²) in [6, 6.07) is 5.47. The fourth-order valence-electron chi connectivity index (χ4n) is 5.04. The van der Waals surface area contributed by atoms with Crippen LogP contribution >= 0.6 is 11.6 Å². The Bertz CT molecular complexity index is 1220. The van der Waals surface area contributed by atoms with E-state index in [9.17, 15) is 4.79 Å². The minimum Gasteiger partial charge on any atom is -0.495 e. The van der Waals surface area contributed by atoms with Crippen molar-refractivity contribution in [3.8, 4) is 5.75 Å². The molecule has 1 fully saturated rings. The molecule has 1 aromatic heterocycles. The highest BCUT2D eigenvalue weighted by atomic mass is 35.5. The Hall–Kier alpha value is -3.17. The number of piperidine rings is 1. The monoisotopic (exact) mass is 541 g/mol. The Balaban J connectivity index is 1.81. The molecule has 0 aliphatic carbocycles. The molecule has 206 valence electrons. The zero-order valence-electron chi connectivity index (χ0n) is 23.6. The van der Waals surface area contributed by atoms with Gasteiger partial charge in [-0.15, -0.1) is 0 Å². The van der Waals surface area contributed by atoms with Crippen LogP contribution in [0.1, 0.15) is 83.3 Å². The molecule has 38 heavy (non-hydrogen) atoms. The van der Waals surface area contributed by atoms with Crippen LogP contribution in [0.5, 0.6) is 5.75 Å². The summed E-state index contributed by atoms with van der Waals surface area (Å²) in [5.74, 6) is 0.557. The van der Waals surface area contributed by atoms with Gasteiger partial charge in [0.2, 0.25) is 5.96 Å². The molecule has 0 saturated carbocycles. The number of aliphatic imine (C=N–C) groups is 2. The second-order valence-electron chi connectivity index (χ2n) is 11.3. The molecule has 0 bridgehead atoms. The van der Waals surface area contributed by atoms with Crippen molar-refractivity contribution in [3.05, 3.63) is 46.8 Å². The van der Waals surface area contributed by atoms with Gasteiger partial charge in [0.1, 0.15) is 5.75 Å². The summed E-state index contributed by atoms with van der Waals surface area (Å²) in [6.07, 6.45) is 5.28. The number of halogens is 1. The molecule has 3 N–H and O–H groups in total. The maximum atomic E-state index is 13.1. The van der Waals surface area contributed by atoms with E-state index >= 15 is 0 Å². The minimum atomic E-state index is -0.144. The van der Waals surface area contributed by atoms with Gasteiger partial charge < -0.3 is 20.7 Å². The number of aromatic nitrogens is 2. The first-order chi connectivity index (χ1) is 17.7. The number of benzene rings is 1. The number of anilines is 1. The van der Waals surface area contributed by atoms with Crippen molar-refractivity contribution >= 4 is 41.6 Å². The predicted molar refractivity (Wildman–Crippen MR) is 156 cm³/mol. The van der Waals surface area contributed by atoms with E-state index in [2.05, 4.69) is 65.4 Å². The van der Waals surface area contributed by atoms with E-state index in [1.807, 2.05) is 24.7 Å². The van der Waals surface area contributed by atoms with Gasteiger partial charge in [-0.2, -0.15) is 5.10 Å². The summed E-state index contributed by atoms with van der Waals surface area (Å²) < 4.78 is 7.41. The van der Waals surface area contributed by atoms with Gasteiger partial charge in [-0.1, -0.05) is 11.6 Å². The maximum Gasteiger partial charge on any atom is 0.251 e. The lowest BCUT2D eigenvalue weighted by atomic mass is 9.79. The van der Waals surface area contributed by atoms with E-state index in [0.29, 0.717) is 27.7 Å². The van der Waals surface area contributed by atoms with Gasteiger partial charge in [0.05, 0.1) is 24.7 Å². The smallest absolute Gasteiger partial charge is 0.251 e. The predicted octanol–water partition coefficient (Wildman–Crippen LogP) is 5.61. The SMILES string of the molecule is C=N/C(=N\C(=C(/C)Cl)c1cnn(C(C)C)c1)Nc1ccc(C(=O)NC2CC(C)(C)NC(C)(C)C2)cc1OC. The Morgan fingerprint density at radius 2 is 1.89 bits per heavy atom. The first-order valence-electron chi connectivity index (χ1n) is 12.7. The second-order valence-corrected chi connectivity index (χ2v) is 11.9. The fourth-order valence-corrected chi connectivity index (χ4v) is 5.19. The molecule has 1 aliphatic heterocycles. The molecule has 1 aromatic carbocycles. The molecule has 2 aromatic rings. The molecule has 0 spiro atoms. The summed E-state index contributed by atoms with van der Waals surface area (Å²) in [7, 11) is 1.55. The van der Waals surface area contributed by atoms with Gasteiger partial charge in [0.15, 0.2) is 0 Å². The number of ether oxygens (including phenoxy) is 1. The minimum absolute atomic E-state index is 0.0605. The highest BCUT2D eigenvalue weighted by Crippen LogP contribution is 2.30. The molecule has 1 amide bonds. The van der Waals surface area contributed by atoms with Crippen LogP contribution in [0.2, 0.25) is 0 Å². The Morgan fingerprint density at radius 3 is 2.42 bits per heavy atom. The lowest BCUT2D eigenvalue weighted by Gasteiger charge is -2.46. The third-order valence-corrected chi connectivity index (χ3v) is 6.51. The molecule has 2 heterocycles. The second kappa shape index (κ2) is 11.7. The molecule has 1 saturated heterocycles. The number of amides is 1. The summed E-state index contributed by atoms with van der Waals surface area (Å²) >= 11 is 6.37. The first kappa shape index (κ1) is 29.4. The third-order valence-electron chi connectivity index (χ3n) is 6.33. The van der Waals surface area contributed by atoms with Crippen LogP contribution in [0.3, 0.4) is 0 Å². The van der Waals surface area contributed by atoms with Crippen LogP contribution in [0.25, 0.3) is 5.70 Å². The number of hydrogen-bond acceptors (Lipinski definition) is 5. The number of nitrogens with one attached hydrogen (secondary N) is 3. The normalized spacial score (nSPS) is 18.1. The van der Waals surface area contributed by atoms with E-state index in [0.717, 1.165) is 18.4 Å². The van der Waals surface area contributed by atoms with E-state index in [4.69, 9.17) is 16.3 Å². The van der Waals surface area contributed by atoms with Crippen molar-refractivity contribution in [1.29, 1.82) is 0 Å². The lowest BCUT2D eigenvalue weighted by molar-refractivity contribution is 0.0873. The van der Waals surface area contributed by atoms with Crippen molar-refractivity contribution in [1.82, 2.24) is 20.4 Å². The topological polar surface area (TPSA) is 105 Å². The molecular formula is C28H40ClN7O2. The number of nitrogens with zero attached hydrogens (tertiary/aromatic N) is 4. The third kappa shape index (κ3) is 7.45. The number of rotatable bonds is 7. The average Bonchev–Trinajstić information content (AvgIpc) is 3.29. The average molecular weight is 542 g/mol. The quantitative estimate of drug-likeness (QED) is 0.312. The van der Waals surface area contributed by atoms with Crippen LogP contribution in [-0.4, -0.2) is 52.6 Å². The fraction of sp³-hybridized carbons (Fsp3) is 0.500. The Labute approximate surface area is 230 Å². The van der Waals surface area contributed by atoms with Gasteiger partial charge in [-0.25, -0.2) is 9.98 Å². The van der Waals surface area contributed by atoms with E-state index in [1.54, 1.807) is 38.4 Å². The number of hydrogen-bond donors (Lipinski definition) is 3. The number of guanidine groups is 1. The molecule has 9 nitrogen and oxygen atoms in total. The van der Waals surface area contributed by atoms with Gasteiger partial charge in [-0.3, -0.25) is 9.48 Å². The Kier molecular flexibility index (Phi) is 9.05. The highest BCUT2D eigenvalue weighted by molar-refractivity contribution is 6.32. The van der Waals surface area contributed by atoms with Crippen LogP contribution in [0.15, 0.2) is 45.6 Å². The molecular weight excluding hydrogens is 502 g/mol. The highest BCUT2D eigenvalue weighted by Gasteiger charge is 2.38. The van der Waals surface area contributed by atoms with Crippen LogP contribution < -0.4 is 20.7 Å². The molecule has 0 radical (unpaired) electrons. The number of carbonyl (C=O) groups excluding carboxylic acids is 1. The number of allylic oxidation sites excluding steroid dienone is 1. The standard InChI is InChI=1S/C28H40ClN7O2/c1-17(2)36-16-20(15-31-36)24(18(3)29)34-26(30-8)33-22-11-10-19(12-23(22)38-9)25(37)32-21-13-27(4,5)35-28(6,7)14-21/h10-12,15-17,21,35H,8,13-14H2,1-7,9H3,(H,32,37)(H,33,34)/b24-18+. The molecule has 0 unspecified atom stereocenters. The molecule has 1 aliphatic rings. The van der Waals surface area contributed by atoms with Crippen molar-refractivity contribution < 1.29 is 9.53 Å². The zero-order chi connectivity index (χ0) is 28.3. The van der Waals surface area contributed by atoms with Gasteiger partial charge >= 0.3 is 0 Å². The van der Waals surface area contributed by atoms with Crippen molar-refractivity contribution in [3.63, 3.8) is 0 Å².